The molecule has 1 heterocycles. The number of aromatic nitrogens is 1. The van der Waals surface area contributed by atoms with Crippen molar-refractivity contribution in [1.29, 1.82) is 0 Å². The van der Waals surface area contributed by atoms with Crippen LogP contribution in [0.3, 0.4) is 0 Å². The van der Waals surface area contributed by atoms with Gasteiger partial charge < -0.3 is 4.74 Å². The molecule has 1 aromatic rings. The van der Waals surface area contributed by atoms with Gasteiger partial charge in [-0.05, 0) is 19.6 Å². The molecule has 1 unspecified atom stereocenters. The minimum atomic E-state index is 0.244. The van der Waals surface area contributed by atoms with Crippen molar-refractivity contribution in [1.82, 2.24) is 10.4 Å². The minimum Gasteiger partial charge on any atom is -0.496 e. The van der Waals surface area contributed by atoms with Crippen molar-refractivity contribution in [2.45, 2.75) is 33.2 Å². The molecule has 102 valence electrons. The first kappa shape index (κ1) is 15.3. The van der Waals surface area contributed by atoms with Crippen molar-refractivity contribution >= 4 is 11.8 Å². The Morgan fingerprint density at radius 2 is 2.22 bits per heavy atom. The largest absolute Gasteiger partial charge is 0.496 e. The maximum Gasteiger partial charge on any atom is 0.128 e. The molecule has 0 aliphatic heterocycles. The van der Waals surface area contributed by atoms with Crippen LogP contribution in [0.25, 0.3) is 0 Å². The van der Waals surface area contributed by atoms with E-state index in [2.05, 4.69) is 24.3 Å². The highest BCUT2D eigenvalue weighted by Gasteiger charge is 2.14. The van der Waals surface area contributed by atoms with E-state index in [1.165, 1.54) is 0 Å². The number of hydrazine groups is 1. The molecule has 1 atom stereocenters. The van der Waals surface area contributed by atoms with E-state index in [9.17, 15) is 0 Å². The summed E-state index contributed by atoms with van der Waals surface area (Å²) in [6.07, 6.45) is 2.69. The fourth-order valence-corrected chi connectivity index (χ4v) is 2.67. The molecular weight excluding hydrogens is 246 g/mol. The van der Waals surface area contributed by atoms with Gasteiger partial charge in [0.25, 0.3) is 0 Å². The lowest BCUT2D eigenvalue weighted by molar-refractivity contribution is 0.406. The standard InChI is InChI=1S/C13H23N3OS/c1-5-18-8-11(16-14)6-12-10(3)13(17-4)9(2)7-15-12/h7,11,16H,5-6,8,14H2,1-4H3. The van der Waals surface area contributed by atoms with Crippen molar-refractivity contribution in [3.63, 3.8) is 0 Å². The van der Waals surface area contributed by atoms with Crippen molar-refractivity contribution in [2.24, 2.45) is 5.84 Å². The smallest absolute Gasteiger partial charge is 0.128 e. The molecule has 1 rings (SSSR count). The lowest BCUT2D eigenvalue weighted by Crippen LogP contribution is -2.39. The molecular formula is C13H23N3OS. The van der Waals surface area contributed by atoms with Gasteiger partial charge >= 0.3 is 0 Å². The lowest BCUT2D eigenvalue weighted by atomic mass is 10.1. The third-order valence-corrected chi connectivity index (χ3v) is 3.99. The van der Waals surface area contributed by atoms with Crippen LogP contribution in [0.1, 0.15) is 23.7 Å². The lowest BCUT2D eigenvalue weighted by Gasteiger charge is -2.17. The van der Waals surface area contributed by atoms with Crippen molar-refractivity contribution in [3.8, 4) is 5.75 Å². The highest BCUT2D eigenvalue weighted by molar-refractivity contribution is 7.99. The summed E-state index contributed by atoms with van der Waals surface area (Å²) in [5, 5.41) is 0. The molecule has 3 N–H and O–H groups in total. The fraction of sp³-hybridized carbons (Fsp3) is 0.615. The van der Waals surface area contributed by atoms with Crippen molar-refractivity contribution < 1.29 is 4.74 Å². The van der Waals surface area contributed by atoms with Crippen molar-refractivity contribution in [2.75, 3.05) is 18.6 Å². The molecule has 0 aromatic carbocycles. The van der Waals surface area contributed by atoms with Gasteiger partial charge in [-0.2, -0.15) is 11.8 Å². The third-order valence-electron chi connectivity index (χ3n) is 2.95. The van der Waals surface area contributed by atoms with Crippen LogP contribution in [0.2, 0.25) is 0 Å². The number of nitrogens with one attached hydrogen (secondary N) is 1. The molecule has 0 saturated heterocycles. The highest BCUT2D eigenvalue weighted by atomic mass is 32.2. The molecule has 4 nitrogen and oxygen atoms in total. The molecule has 5 heteroatoms. The van der Waals surface area contributed by atoms with Crippen LogP contribution in [0, 0.1) is 13.8 Å². The van der Waals surface area contributed by atoms with E-state index in [0.717, 1.165) is 40.5 Å². The summed E-state index contributed by atoms with van der Waals surface area (Å²) in [6, 6.07) is 0.244. The topological polar surface area (TPSA) is 60.2 Å². The second-order valence-electron chi connectivity index (χ2n) is 4.27. The number of nitrogens with zero attached hydrogens (tertiary/aromatic N) is 1. The Balaban J connectivity index is 2.83. The van der Waals surface area contributed by atoms with Crippen LogP contribution >= 0.6 is 11.8 Å². The number of aryl methyl sites for hydroxylation is 1. The molecule has 0 radical (unpaired) electrons. The van der Waals surface area contributed by atoms with Crippen LogP contribution in [0.5, 0.6) is 5.75 Å². The highest BCUT2D eigenvalue weighted by Crippen LogP contribution is 2.24. The second kappa shape index (κ2) is 7.61. The van der Waals surface area contributed by atoms with Gasteiger partial charge in [-0.25, -0.2) is 0 Å². The van der Waals surface area contributed by atoms with Gasteiger partial charge in [0.15, 0.2) is 0 Å². The predicted octanol–water partition coefficient (Wildman–Crippen LogP) is 1.83. The quantitative estimate of drug-likeness (QED) is 0.584. The first-order valence-electron chi connectivity index (χ1n) is 6.16. The SMILES string of the molecule is CCSCC(Cc1ncc(C)c(OC)c1C)NN. The molecule has 0 bridgehead atoms. The molecule has 18 heavy (non-hydrogen) atoms. The summed E-state index contributed by atoms with van der Waals surface area (Å²) in [6.45, 7) is 6.21. The molecule has 0 aliphatic rings. The van der Waals surface area contributed by atoms with E-state index in [1.54, 1.807) is 7.11 Å². The Kier molecular flexibility index (Phi) is 6.46. The maximum atomic E-state index is 5.59. The monoisotopic (exact) mass is 269 g/mol. The molecule has 0 spiro atoms. The van der Waals surface area contributed by atoms with Gasteiger partial charge in [-0.15, -0.1) is 0 Å². The zero-order chi connectivity index (χ0) is 13.5. The predicted molar refractivity (Wildman–Crippen MR) is 78.1 cm³/mol. The summed E-state index contributed by atoms with van der Waals surface area (Å²) in [5.74, 6) is 8.61. The van der Waals surface area contributed by atoms with E-state index < -0.39 is 0 Å². The van der Waals surface area contributed by atoms with Crippen molar-refractivity contribution in [3.05, 3.63) is 23.0 Å². The zero-order valence-electron chi connectivity index (χ0n) is 11.6. The number of pyridine rings is 1. The van der Waals surface area contributed by atoms with Gasteiger partial charge in [-0.1, -0.05) is 6.92 Å². The normalized spacial score (nSPS) is 12.5. The van der Waals surface area contributed by atoms with E-state index in [0.29, 0.717) is 0 Å². The Labute approximate surface area is 114 Å². The van der Waals surface area contributed by atoms with Gasteiger partial charge in [-0.3, -0.25) is 16.3 Å². The van der Waals surface area contributed by atoms with E-state index in [1.807, 2.05) is 24.9 Å². The second-order valence-corrected chi connectivity index (χ2v) is 5.59. The summed E-state index contributed by atoms with van der Waals surface area (Å²) in [4.78, 5) is 4.50. The first-order valence-corrected chi connectivity index (χ1v) is 7.32. The number of hydrogen-bond acceptors (Lipinski definition) is 5. The Morgan fingerprint density at radius 3 is 2.78 bits per heavy atom. The number of hydrogen-bond donors (Lipinski definition) is 2. The van der Waals surface area contributed by atoms with Crippen LogP contribution in [-0.2, 0) is 6.42 Å². The Hall–Kier alpha value is -0.780. The molecule has 1 aromatic heterocycles. The summed E-state index contributed by atoms with van der Waals surface area (Å²) >= 11 is 1.88. The van der Waals surface area contributed by atoms with Gasteiger partial charge in [0.2, 0.25) is 0 Å². The average molecular weight is 269 g/mol. The minimum absolute atomic E-state index is 0.244. The van der Waals surface area contributed by atoms with Gasteiger partial charge in [0.1, 0.15) is 5.75 Å². The molecule has 0 saturated carbocycles. The summed E-state index contributed by atoms with van der Waals surface area (Å²) < 4.78 is 5.42. The number of ether oxygens (including phenoxy) is 1. The molecule has 0 amide bonds. The Morgan fingerprint density at radius 1 is 1.50 bits per heavy atom. The fourth-order valence-electron chi connectivity index (χ4n) is 1.94. The number of nitrogens with two attached hydrogens (primary N) is 1. The van der Waals surface area contributed by atoms with E-state index >= 15 is 0 Å². The number of methoxy groups -OCH3 is 1. The third kappa shape index (κ3) is 3.86. The van der Waals surface area contributed by atoms with E-state index in [-0.39, 0.29) is 6.04 Å². The van der Waals surface area contributed by atoms with Gasteiger partial charge in [0.05, 0.1) is 7.11 Å². The molecule has 0 aliphatic carbocycles. The first-order chi connectivity index (χ1) is 8.63. The average Bonchev–Trinajstić information content (AvgIpc) is 2.37. The maximum absolute atomic E-state index is 5.59. The van der Waals surface area contributed by atoms with Crippen LogP contribution in [-0.4, -0.2) is 29.6 Å². The van der Waals surface area contributed by atoms with Crippen LogP contribution in [0.4, 0.5) is 0 Å². The van der Waals surface area contributed by atoms with Gasteiger partial charge in [0, 0.05) is 41.2 Å². The Bertz CT molecular complexity index is 385. The van der Waals surface area contributed by atoms with E-state index in [4.69, 9.17) is 10.6 Å². The summed E-state index contributed by atoms with van der Waals surface area (Å²) in [5.41, 5.74) is 6.09. The van der Waals surface area contributed by atoms with Crippen LogP contribution in [0.15, 0.2) is 6.20 Å². The zero-order valence-corrected chi connectivity index (χ0v) is 12.4. The number of rotatable bonds is 7. The summed E-state index contributed by atoms with van der Waals surface area (Å²) in [7, 11) is 1.70. The van der Waals surface area contributed by atoms with Crippen LogP contribution < -0.4 is 16.0 Å². The molecule has 0 fully saturated rings. The number of thioether (sulfide) groups is 1.